The molecule has 0 unspecified atom stereocenters. The maximum absolute atomic E-state index is 5.76. The van der Waals surface area contributed by atoms with Crippen molar-refractivity contribution in [2.24, 2.45) is 0 Å². The Morgan fingerprint density at radius 2 is 2.16 bits per heavy atom. The molecule has 3 heterocycles. The molecule has 0 atom stereocenters. The maximum atomic E-state index is 5.76. The highest BCUT2D eigenvalue weighted by Crippen LogP contribution is 2.39. The lowest BCUT2D eigenvalue weighted by Crippen LogP contribution is -2.21. The van der Waals surface area contributed by atoms with Gasteiger partial charge in [0, 0.05) is 29.4 Å². The van der Waals surface area contributed by atoms with E-state index in [2.05, 4.69) is 31.5 Å². The molecule has 1 aliphatic heterocycles. The minimum atomic E-state index is 0.332. The van der Waals surface area contributed by atoms with Crippen molar-refractivity contribution in [2.75, 3.05) is 11.2 Å². The van der Waals surface area contributed by atoms with Gasteiger partial charge >= 0.3 is 0 Å². The third kappa shape index (κ3) is 1.49. The fraction of sp³-hybridized carbons (Fsp3) is 0.385. The van der Waals surface area contributed by atoms with Crippen molar-refractivity contribution in [1.29, 1.82) is 0 Å². The van der Waals surface area contributed by atoms with E-state index in [4.69, 9.17) is 5.73 Å². The van der Waals surface area contributed by atoms with Gasteiger partial charge in [-0.1, -0.05) is 12.8 Å². The van der Waals surface area contributed by atoms with Crippen LogP contribution in [0.25, 0.3) is 17.1 Å². The lowest BCUT2D eigenvalue weighted by molar-refractivity contribution is 0.535. The zero-order chi connectivity index (χ0) is 12.8. The Morgan fingerprint density at radius 3 is 3.00 bits per heavy atom. The average Bonchev–Trinajstić information content (AvgIpc) is 3.03. The van der Waals surface area contributed by atoms with Crippen LogP contribution in [0.4, 0.5) is 11.8 Å². The molecule has 0 amide bonds. The Bertz CT molecular complexity index is 665. The summed E-state index contributed by atoms with van der Waals surface area (Å²) in [6, 6.07) is 0.501. The van der Waals surface area contributed by atoms with E-state index in [-0.39, 0.29) is 0 Å². The summed E-state index contributed by atoms with van der Waals surface area (Å²) in [5.74, 6) is 1.41. The van der Waals surface area contributed by atoms with Crippen LogP contribution in [0.15, 0.2) is 12.4 Å². The molecule has 2 aromatic heterocycles. The summed E-state index contributed by atoms with van der Waals surface area (Å²) in [5, 5.41) is 1.06. The number of nitrogens with zero attached hydrogens (tertiary/aromatic N) is 3. The first-order chi connectivity index (χ1) is 9.34. The molecule has 0 radical (unpaired) electrons. The van der Waals surface area contributed by atoms with E-state index in [0.29, 0.717) is 12.0 Å². The number of hydrogen-bond donors (Lipinski definition) is 3. The van der Waals surface area contributed by atoms with Gasteiger partial charge in [0.2, 0.25) is 5.95 Å². The second kappa shape index (κ2) is 3.88. The minimum Gasteiger partial charge on any atom is -0.368 e. The van der Waals surface area contributed by atoms with Crippen molar-refractivity contribution in [3.05, 3.63) is 18.0 Å². The van der Waals surface area contributed by atoms with Crippen LogP contribution in [0, 0.1) is 0 Å². The third-order valence-corrected chi connectivity index (χ3v) is 4.02. The number of anilines is 2. The predicted octanol–water partition coefficient (Wildman–Crippen LogP) is 2.03. The monoisotopic (exact) mass is 256 g/mol. The van der Waals surface area contributed by atoms with Crippen LogP contribution >= 0.6 is 0 Å². The van der Waals surface area contributed by atoms with Gasteiger partial charge in [-0.2, -0.15) is 4.98 Å². The number of hydrogen-bond acceptors (Lipinski definition) is 5. The summed E-state index contributed by atoms with van der Waals surface area (Å²) in [6.07, 6.45) is 10.7. The van der Waals surface area contributed by atoms with Gasteiger partial charge in [0.05, 0.1) is 0 Å². The first-order valence-electron chi connectivity index (χ1n) is 6.69. The summed E-state index contributed by atoms with van der Waals surface area (Å²) in [4.78, 5) is 8.58. The molecular formula is C13H16N6. The zero-order valence-electron chi connectivity index (χ0n) is 10.6. The molecule has 1 saturated carbocycles. The number of nitrogens with one attached hydrogen (secondary N) is 2. The van der Waals surface area contributed by atoms with E-state index < -0.39 is 0 Å². The highest BCUT2D eigenvalue weighted by atomic mass is 15.4. The Hall–Kier alpha value is -2.24. The van der Waals surface area contributed by atoms with E-state index in [0.717, 1.165) is 22.4 Å². The SMILES string of the molecule is Nc1ncc2c3c(n(C4CCCC4)c2n1)NNC=C3. The zero-order valence-corrected chi connectivity index (χ0v) is 10.6. The number of fused-ring (bicyclic) bond motifs is 3. The van der Waals surface area contributed by atoms with E-state index >= 15 is 0 Å². The van der Waals surface area contributed by atoms with Crippen LogP contribution in [-0.4, -0.2) is 14.5 Å². The topological polar surface area (TPSA) is 80.8 Å². The molecule has 2 aromatic rings. The Balaban J connectivity index is 2.03. The molecule has 0 spiro atoms. The molecule has 0 aromatic carbocycles. The normalized spacial score (nSPS) is 18.3. The van der Waals surface area contributed by atoms with Gasteiger partial charge in [0.15, 0.2) is 0 Å². The van der Waals surface area contributed by atoms with Crippen LogP contribution in [-0.2, 0) is 0 Å². The van der Waals surface area contributed by atoms with Gasteiger partial charge in [-0.05, 0) is 18.9 Å². The lowest BCUT2D eigenvalue weighted by atomic mass is 10.2. The van der Waals surface area contributed by atoms with Crippen LogP contribution in [0.3, 0.4) is 0 Å². The number of aromatic nitrogens is 3. The molecule has 4 N–H and O–H groups in total. The molecular weight excluding hydrogens is 240 g/mol. The standard InChI is InChI=1S/C13H16N6/c14-13-15-7-10-9-5-6-16-18-12(9)19(11(10)17-13)8-3-1-2-4-8/h5-8,16,18H,1-4H2,(H2,14,15,17). The molecule has 4 rings (SSSR count). The van der Waals surface area contributed by atoms with Gasteiger partial charge < -0.3 is 15.7 Å². The van der Waals surface area contributed by atoms with E-state index in [9.17, 15) is 0 Å². The first-order valence-corrected chi connectivity index (χ1v) is 6.69. The third-order valence-electron chi connectivity index (χ3n) is 4.02. The predicted molar refractivity (Wildman–Crippen MR) is 75.2 cm³/mol. The lowest BCUT2D eigenvalue weighted by Gasteiger charge is -2.20. The van der Waals surface area contributed by atoms with Gasteiger partial charge in [-0.3, -0.25) is 5.43 Å². The molecule has 1 fully saturated rings. The van der Waals surface area contributed by atoms with E-state index in [1.165, 1.54) is 25.7 Å². The number of rotatable bonds is 1. The minimum absolute atomic E-state index is 0.332. The van der Waals surface area contributed by atoms with Crippen LogP contribution in [0.2, 0.25) is 0 Å². The second-order valence-electron chi connectivity index (χ2n) is 5.14. The van der Waals surface area contributed by atoms with Gasteiger partial charge in [-0.15, -0.1) is 0 Å². The van der Waals surface area contributed by atoms with Crippen molar-refractivity contribution in [1.82, 2.24) is 20.0 Å². The fourth-order valence-electron chi connectivity index (χ4n) is 3.17. The van der Waals surface area contributed by atoms with Gasteiger partial charge in [0.1, 0.15) is 11.5 Å². The molecule has 6 nitrogen and oxygen atoms in total. The summed E-state index contributed by atoms with van der Waals surface area (Å²) >= 11 is 0. The summed E-state index contributed by atoms with van der Waals surface area (Å²) < 4.78 is 2.28. The molecule has 98 valence electrons. The summed E-state index contributed by atoms with van der Waals surface area (Å²) in [5.41, 5.74) is 14.1. The van der Waals surface area contributed by atoms with Crippen molar-refractivity contribution in [2.45, 2.75) is 31.7 Å². The van der Waals surface area contributed by atoms with Gasteiger partial charge in [0.25, 0.3) is 0 Å². The molecule has 2 aliphatic rings. The van der Waals surface area contributed by atoms with Crippen LogP contribution < -0.4 is 16.6 Å². The smallest absolute Gasteiger partial charge is 0.221 e. The van der Waals surface area contributed by atoms with Crippen molar-refractivity contribution >= 4 is 28.9 Å². The van der Waals surface area contributed by atoms with Crippen molar-refractivity contribution in [3.8, 4) is 0 Å². The quantitative estimate of drug-likeness (QED) is 0.727. The van der Waals surface area contributed by atoms with Crippen molar-refractivity contribution < 1.29 is 0 Å². The first kappa shape index (κ1) is 10.7. The number of hydrazine groups is 1. The Morgan fingerprint density at radius 1 is 1.32 bits per heavy atom. The summed E-state index contributed by atoms with van der Waals surface area (Å²) in [7, 11) is 0. The molecule has 19 heavy (non-hydrogen) atoms. The van der Waals surface area contributed by atoms with Crippen LogP contribution in [0.5, 0.6) is 0 Å². The van der Waals surface area contributed by atoms with E-state index in [1.54, 1.807) is 0 Å². The van der Waals surface area contributed by atoms with Crippen molar-refractivity contribution in [3.63, 3.8) is 0 Å². The van der Waals surface area contributed by atoms with E-state index in [1.807, 2.05) is 12.4 Å². The summed E-state index contributed by atoms with van der Waals surface area (Å²) in [6.45, 7) is 0. The maximum Gasteiger partial charge on any atom is 0.221 e. The number of nitrogens with two attached hydrogens (primary N) is 1. The average molecular weight is 256 g/mol. The highest BCUT2D eigenvalue weighted by Gasteiger charge is 2.26. The Kier molecular flexibility index (Phi) is 2.18. The number of nitrogen functional groups attached to an aromatic ring is 1. The fourth-order valence-corrected chi connectivity index (χ4v) is 3.17. The molecule has 0 saturated heterocycles. The Labute approximate surface area is 110 Å². The molecule has 6 heteroatoms. The van der Waals surface area contributed by atoms with Gasteiger partial charge in [-0.25, -0.2) is 4.98 Å². The molecule has 0 bridgehead atoms. The second-order valence-corrected chi connectivity index (χ2v) is 5.14. The highest BCUT2D eigenvalue weighted by molar-refractivity contribution is 5.94. The van der Waals surface area contributed by atoms with Crippen LogP contribution in [0.1, 0.15) is 37.3 Å². The largest absolute Gasteiger partial charge is 0.368 e. The molecule has 1 aliphatic carbocycles.